The van der Waals surface area contributed by atoms with E-state index >= 15 is 0 Å². The van der Waals surface area contributed by atoms with Gasteiger partial charge in [0.25, 0.3) is 0 Å². The molecular weight excluding hydrogens is 758 g/mol. The van der Waals surface area contributed by atoms with Crippen molar-refractivity contribution in [3.63, 3.8) is 0 Å². The summed E-state index contributed by atoms with van der Waals surface area (Å²) in [5.41, 5.74) is 9.31. The molecule has 1 heterocycles. The number of aromatic hydroxyl groups is 2. The zero-order valence-electron chi connectivity index (χ0n) is 33.0. The molecule has 11 nitrogen and oxygen atoms in total. The molecule has 0 saturated heterocycles. The number of amides is 2. The van der Waals surface area contributed by atoms with E-state index in [1.807, 2.05) is 24.3 Å². The van der Waals surface area contributed by atoms with Crippen molar-refractivity contribution in [1.29, 1.82) is 0 Å². The highest BCUT2D eigenvalue weighted by Gasteiger charge is 2.36. The topological polar surface area (TPSA) is 184 Å². The number of halogens is 1. The molecule has 5 N–H and O–H groups in total. The van der Waals surface area contributed by atoms with Gasteiger partial charge in [-0.1, -0.05) is 73.5 Å². The predicted octanol–water partition coefficient (Wildman–Crippen LogP) is 7.18. The van der Waals surface area contributed by atoms with Gasteiger partial charge in [-0.3, -0.25) is 24.0 Å². The van der Waals surface area contributed by atoms with Crippen LogP contribution in [0.1, 0.15) is 86.3 Å². The minimum absolute atomic E-state index is 0.00179. The molecule has 0 aliphatic carbocycles. The maximum absolute atomic E-state index is 14.6. The number of fused-ring (bicyclic) bond motifs is 5. The molecule has 0 radical (unpaired) electrons. The van der Waals surface area contributed by atoms with Gasteiger partial charge >= 0.3 is 0 Å². The standard InChI is InChI=1S/C46H50ClN3O8/c1-27-22-43(56)44(50(3)46(58)34(6-4-5-21-48)26-42(55)32-11-9-30(10-12-32)31-13-16-35(47)17-14-31)33-15-20-40(53)37(25-33)36-23-29(8-19-39(36)52)24-38(49-45(27)57)41(54)18-7-28(2)51/h8-17,19-20,23,25,27,34,38,44,52-53H,4-7,18,21-22,24,26,48H2,1-3H3,(H,49,57)/t27-,34-,38+,44+/m1/s1. The summed E-state index contributed by atoms with van der Waals surface area (Å²) in [4.78, 5) is 82.7. The Balaban J connectivity index is 1.50. The van der Waals surface area contributed by atoms with Crippen LogP contribution < -0.4 is 11.1 Å². The van der Waals surface area contributed by atoms with E-state index in [0.29, 0.717) is 47.5 Å². The third-order valence-electron chi connectivity index (χ3n) is 10.7. The van der Waals surface area contributed by atoms with Crippen LogP contribution in [-0.2, 0) is 30.4 Å². The lowest BCUT2D eigenvalue weighted by molar-refractivity contribution is -0.142. The Morgan fingerprint density at radius 2 is 1.47 bits per heavy atom. The van der Waals surface area contributed by atoms with Gasteiger partial charge in [0, 0.05) is 66.3 Å². The number of Topliss-reactive ketones (excluding diaryl/α,β-unsaturated/α-hetero) is 4. The van der Waals surface area contributed by atoms with E-state index in [-0.39, 0.29) is 72.1 Å². The van der Waals surface area contributed by atoms with E-state index in [2.05, 4.69) is 5.32 Å². The van der Waals surface area contributed by atoms with Gasteiger partial charge in [0.2, 0.25) is 11.8 Å². The van der Waals surface area contributed by atoms with Gasteiger partial charge in [-0.05, 0) is 91.4 Å². The first kappa shape index (κ1) is 43.5. The van der Waals surface area contributed by atoms with Gasteiger partial charge in [0.15, 0.2) is 17.3 Å². The van der Waals surface area contributed by atoms with Crippen LogP contribution >= 0.6 is 11.6 Å². The molecule has 0 aromatic heterocycles. The number of nitrogens with two attached hydrogens (primary N) is 1. The first-order valence-electron chi connectivity index (χ1n) is 19.5. The summed E-state index contributed by atoms with van der Waals surface area (Å²) in [6.07, 6.45) is 1.00. The van der Waals surface area contributed by atoms with Crippen LogP contribution in [0.4, 0.5) is 0 Å². The molecule has 0 fully saturated rings. The number of nitrogens with one attached hydrogen (secondary N) is 1. The van der Waals surface area contributed by atoms with Crippen molar-refractivity contribution in [3.8, 4) is 33.8 Å². The zero-order valence-corrected chi connectivity index (χ0v) is 33.8. The number of likely N-dealkylation sites (N-methyl/N-ethyl adjacent to an activating group) is 1. The van der Waals surface area contributed by atoms with Gasteiger partial charge in [0.05, 0.1) is 6.04 Å². The number of hydrogen-bond donors (Lipinski definition) is 4. The summed E-state index contributed by atoms with van der Waals surface area (Å²) in [6, 6.07) is 21.2. The van der Waals surface area contributed by atoms with E-state index < -0.39 is 41.5 Å². The van der Waals surface area contributed by atoms with Gasteiger partial charge in [-0.25, -0.2) is 0 Å². The number of benzene rings is 4. The Morgan fingerprint density at radius 1 is 0.845 bits per heavy atom. The Hall–Kier alpha value is -5.65. The number of nitrogens with zero attached hydrogens (tertiary/aromatic N) is 1. The number of ketones is 4. The first-order chi connectivity index (χ1) is 27.7. The summed E-state index contributed by atoms with van der Waals surface area (Å²) in [7, 11) is 1.48. The Labute approximate surface area is 343 Å². The predicted molar refractivity (Wildman–Crippen MR) is 222 cm³/mol. The Kier molecular flexibility index (Phi) is 14.7. The Bertz CT molecular complexity index is 2170. The quantitative estimate of drug-likeness (QED) is 0.0757. The molecule has 0 unspecified atom stereocenters. The fraction of sp³-hybridized carbons (Fsp3) is 0.348. The number of rotatable bonds is 14. The first-order valence-corrected chi connectivity index (χ1v) is 19.9. The van der Waals surface area contributed by atoms with Crippen molar-refractivity contribution in [1.82, 2.24) is 10.2 Å². The molecule has 4 aromatic rings. The molecule has 5 rings (SSSR count). The van der Waals surface area contributed by atoms with Crippen LogP contribution in [0, 0.1) is 11.8 Å². The number of phenolic OH excluding ortho intramolecular Hbond substituents is 2. The van der Waals surface area contributed by atoms with Crippen LogP contribution in [0.5, 0.6) is 11.5 Å². The maximum Gasteiger partial charge on any atom is 0.226 e. The molecule has 4 aromatic carbocycles. The van der Waals surface area contributed by atoms with Crippen molar-refractivity contribution >= 4 is 46.5 Å². The normalized spacial score (nSPS) is 17.4. The molecule has 304 valence electrons. The largest absolute Gasteiger partial charge is 0.507 e. The third-order valence-corrected chi connectivity index (χ3v) is 11.0. The minimum atomic E-state index is -1.26. The van der Waals surface area contributed by atoms with E-state index in [1.54, 1.807) is 43.3 Å². The fourth-order valence-electron chi connectivity index (χ4n) is 7.36. The van der Waals surface area contributed by atoms with Crippen LogP contribution in [0.2, 0.25) is 5.02 Å². The zero-order chi connectivity index (χ0) is 42.1. The van der Waals surface area contributed by atoms with Crippen LogP contribution in [0.25, 0.3) is 22.3 Å². The Morgan fingerprint density at radius 3 is 2.10 bits per heavy atom. The number of unbranched alkanes of at least 4 members (excludes halogenated alkanes) is 1. The number of phenols is 2. The fourth-order valence-corrected chi connectivity index (χ4v) is 7.49. The number of hydrogen-bond acceptors (Lipinski definition) is 9. The van der Waals surface area contributed by atoms with Crippen molar-refractivity contribution in [2.75, 3.05) is 13.6 Å². The van der Waals surface area contributed by atoms with Gasteiger partial charge in [0.1, 0.15) is 23.3 Å². The second-order valence-corrected chi connectivity index (χ2v) is 15.6. The van der Waals surface area contributed by atoms with Crippen molar-refractivity contribution in [3.05, 3.63) is 107 Å². The molecule has 1 aliphatic heterocycles. The monoisotopic (exact) mass is 807 g/mol. The molecule has 1 aliphatic rings. The summed E-state index contributed by atoms with van der Waals surface area (Å²) in [6.45, 7) is 3.33. The molecule has 4 atom stereocenters. The smallest absolute Gasteiger partial charge is 0.226 e. The van der Waals surface area contributed by atoms with Crippen molar-refractivity contribution in [2.45, 2.75) is 77.3 Å². The number of carbonyl (C=O) groups excluding carboxylic acids is 6. The lowest BCUT2D eigenvalue weighted by Gasteiger charge is -2.32. The molecule has 12 heteroatoms. The molecule has 2 amide bonds. The minimum Gasteiger partial charge on any atom is -0.507 e. The number of carbonyl (C=O) groups is 6. The summed E-state index contributed by atoms with van der Waals surface area (Å²) in [5, 5.41) is 25.5. The second kappa shape index (κ2) is 19.7. The van der Waals surface area contributed by atoms with Gasteiger partial charge < -0.3 is 31.0 Å². The lowest BCUT2D eigenvalue weighted by Crippen LogP contribution is -2.46. The van der Waals surface area contributed by atoms with Crippen LogP contribution in [0.3, 0.4) is 0 Å². The van der Waals surface area contributed by atoms with Crippen molar-refractivity contribution < 1.29 is 39.0 Å². The molecule has 58 heavy (non-hydrogen) atoms. The molecular formula is C46H50ClN3O8. The van der Waals surface area contributed by atoms with E-state index in [9.17, 15) is 39.0 Å². The third kappa shape index (κ3) is 10.8. The maximum atomic E-state index is 14.6. The molecule has 4 bridgehead atoms. The highest BCUT2D eigenvalue weighted by molar-refractivity contribution is 6.30. The van der Waals surface area contributed by atoms with Gasteiger partial charge in [-0.15, -0.1) is 0 Å². The highest BCUT2D eigenvalue weighted by atomic mass is 35.5. The van der Waals surface area contributed by atoms with Crippen LogP contribution in [-0.4, -0.2) is 69.7 Å². The van der Waals surface area contributed by atoms with Crippen LogP contribution in [0.15, 0.2) is 84.9 Å². The van der Waals surface area contributed by atoms with Crippen molar-refractivity contribution in [2.24, 2.45) is 17.6 Å². The van der Waals surface area contributed by atoms with E-state index in [4.69, 9.17) is 17.3 Å². The average Bonchev–Trinajstić information content (AvgIpc) is 3.20. The van der Waals surface area contributed by atoms with E-state index in [1.165, 1.54) is 43.1 Å². The SMILES string of the molecule is CC(=O)CCC(=O)[C@@H]1Cc2ccc(O)c(c2)-c2cc(ccc2O)[C@H](N(C)C(=O)[C@H](CCCCN)CC(=O)c2ccc(-c3ccc(Cl)cc3)cc2)C(=O)C[C@@H](C)C(=O)N1. The summed E-state index contributed by atoms with van der Waals surface area (Å²) in [5.74, 6) is -4.44. The molecule has 0 spiro atoms. The second-order valence-electron chi connectivity index (χ2n) is 15.2. The molecule has 0 saturated carbocycles. The summed E-state index contributed by atoms with van der Waals surface area (Å²) >= 11 is 6.05. The average molecular weight is 808 g/mol. The van der Waals surface area contributed by atoms with Gasteiger partial charge in [-0.2, -0.15) is 0 Å². The lowest BCUT2D eigenvalue weighted by atomic mass is 9.87. The highest BCUT2D eigenvalue weighted by Crippen LogP contribution is 2.40. The van der Waals surface area contributed by atoms with E-state index in [0.717, 1.165) is 11.1 Å². The summed E-state index contributed by atoms with van der Waals surface area (Å²) < 4.78 is 0.